The summed E-state index contributed by atoms with van der Waals surface area (Å²) >= 11 is 0. The molecule has 3 aromatic rings. The van der Waals surface area contributed by atoms with Crippen LogP contribution in [0, 0.1) is 0 Å². The maximum atomic E-state index is 12.7. The van der Waals surface area contributed by atoms with Gasteiger partial charge in [-0.1, -0.05) is 25.6 Å². The molecule has 138 valence electrons. The van der Waals surface area contributed by atoms with E-state index in [4.69, 9.17) is 4.52 Å². The molecule has 4 heterocycles. The number of pyridine rings is 1. The lowest BCUT2D eigenvalue weighted by Crippen LogP contribution is -2.11. The minimum Gasteiger partial charge on any atom is -0.360 e. The molecule has 1 aliphatic rings. The fraction of sp³-hybridized carbons (Fsp3) is 0.263. The standard InChI is InChI=1S/C18H15N5O3.CH4/c1-10(15-8-13(23-26-15)12-3-2-6-19-12)7-14(24)17-11-4-5-16(25)22-18(11)21-9-20-17;/h2,4-6,8-10H,3,7H2,1H3,(H,20,21,22,25);1H4/t10-;/m0./s1. The summed E-state index contributed by atoms with van der Waals surface area (Å²) in [6.45, 7) is 1.89. The summed E-state index contributed by atoms with van der Waals surface area (Å²) in [5.74, 6) is 0.288. The summed E-state index contributed by atoms with van der Waals surface area (Å²) in [6, 6.07) is 4.73. The smallest absolute Gasteiger partial charge is 0.249 e. The summed E-state index contributed by atoms with van der Waals surface area (Å²) in [5, 5.41) is 4.56. The molecule has 0 saturated carbocycles. The van der Waals surface area contributed by atoms with Crippen LogP contribution in [0.2, 0.25) is 0 Å². The number of aromatic nitrogens is 4. The third-order valence-corrected chi connectivity index (χ3v) is 4.24. The van der Waals surface area contributed by atoms with Gasteiger partial charge in [0.05, 0.1) is 5.71 Å². The van der Waals surface area contributed by atoms with Crippen molar-refractivity contribution < 1.29 is 9.32 Å². The molecule has 0 saturated heterocycles. The van der Waals surface area contributed by atoms with E-state index < -0.39 is 0 Å². The van der Waals surface area contributed by atoms with Gasteiger partial charge in [-0.15, -0.1) is 0 Å². The lowest BCUT2D eigenvalue weighted by Gasteiger charge is -2.07. The van der Waals surface area contributed by atoms with Crippen LogP contribution in [-0.2, 0) is 0 Å². The van der Waals surface area contributed by atoms with Crippen LogP contribution in [-0.4, -0.2) is 31.6 Å². The van der Waals surface area contributed by atoms with Crippen LogP contribution in [0.25, 0.3) is 11.0 Å². The highest BCUT2D eigenvalue weighted by Gasteiger charge is 2.21. The van der Waals surface area contributed by atoms with Crippen LogP contribution in [0.5, 0.6) is 0 Å². The maximum absolute atomic E-state index is 12.7. The molecule has 27 heavy (non-hydrogen) atoms. The molecule has 0 amide bonds. The van der Waals surface area contributed by atoms with E-state index in [-0.39, 0.29) is 36.8 Å². The number of hydrogen-bond donors (Lipinski definition) is 1. The number of nitrogens with one attached hydrogen (secondary N) is 1. The molecule has 8 nitrogen and oxygen atoms in total. The summed E-state index contributed by atoms with van der Waals surface area (Å²) in [6.07, 6.45) is 5.88. The van der Waals surface area contributed by atoms with Crippen molar-refractivity contribution in [1.29, 1.82) is 0 Å². The average molecular weight is 365 g/mol. The summed E-state index contributed by atoms with van der Waals surface area (Å²) in [4.78, 5) is 39.0. The first kappa shape index (κ1) is 18.4. The predicted molar refractivity (Wildman–Crippen MR) is 101 cm³/mol. The predicted octanol–water partition coefficient (Wildman–Crippen LogP) is 3.03. The van der Waals surface area contributed by atoms with Crippen LogP contribution in [0.3, 0.4) is 0 Å². The number of carbonyl (C=O) groups is 1. The van der Waals surface area contributed by atoms with Crippen LogP contribution in [0.15, 0.2) is 51.1 Å². The van der Waals surface area contributed by atoms with Crippen LogP contribution in [0.1, 0.15) is 55.1 Å². The Morgan fingerprint density at radius 3 is 2.96 bits per heavy atom. The Morgan fingerprint density at radius 1 is 1.33 bits per heavy atom. The lowest BCUT2D eigenvalue weighted by atomic mass is 9.98. The van der Waals surface area contributed by atoms with Crippen LogP contribution < -0.4 is 5.56 Å². The normalized spacial score (nSPS) is 14.0. The van der Waals surface area contributed by atoms with Gasteiger partial charge in [-0.3, -0.25) is 14.6 Å². The third kappa shape index (κ3) is 3.59. The molecular formula is C19H19N5O3. The van der Waals surface area contributed by atoms with Crippen molar-refractivity contribution in [1.82, 2.24) is 20.1 Å². The molecule has 3 aromatic heterocycles. The monoisotopic (exact) mass is 365 g/mol. The number of aromatic amines is 1. The molecule has 0 bridgehead atoms. The number of ketones is 1. The molecule has 0 aromatic carbocycles. The largest absolute Gasteiger partial charge is 0.360 e. The number of allylic oxidation sites excluding steroid dienone is 1. The number of fused-ring (bicyclic) bond motifs is 1. The first-order valence-corrected chi connectivity index (χ1v) is 8.17. The molecule has 1 aliphatic heterocycles. The molecule has 1 N–H and O–H groups in total. The van der Waals surface area contributed by atoms with Gasteiger partial charge in [0, 0.05) is 42.5 Å². The fourth-order valence-electron chi connectivity index (χ4n) is 2.86. The summed E-state index contributed by atoms with van der Waals surface area (Å²) < 4.78 is 5.39. The number of carbonyl (C=O) groups excluding carboxylic acids is 1. The Labute approximate surface area is 155 Å². The van der Waals surface area contributed by atoms with E-state index in [2.05, 4.69) is 25.1 Å². The highest BCUT2D eigenvalue weighted by Crippen LogP contribution is 2.24. The molecule has 0 spiro atoms. The lowest BCUT2D eigenvalue weighted by molar-refractivity contribution is 0.0968. The van der Waals surface area contributed by atoms with E-state index in [1.165, 1.54) is 12.4 Å². The molecule has 1 atom stereocenters. The van der Waals surface area contributed by atoms with Gasteiger partial charge in [0.15, 0.2) is 5.78 Å². The van der Waals surface area contributed by atoms with Crippen molar-refractivity contribution >= 4 is 22.5 Å². The molecule has 8 heteroatoms. The quantitative estimate of drug-likeness (QED) is 0.695. The SMILES string of the molecule is C.C[C@@H](CC(=O)c1ncnc2[nH]c(=O)ccc12)c1cc(C2=NC=CC2)no1. The zero-order valence-corrected chi connectivity index (χ0v) is 14.0. The highest BCUT2D eigenvalue weighted by molar-refractivity contribution is 6.05. The Morgan fingerprint density at radius 2 is 2.19 bits per heavy atom. The van der Waals surface area contributed by atoms with Gasteiger partial charge >= 0.3 is 0 Å². The minimum absolute atomic E-state index is 0. The Balaban J connectivity index is 0.00000210. The second kappa shape index (κ2) is 7.45. The van der Waals surface area contributed by atoms with Gasteiger partial charge in [0.25, 0.3) is 0 Å². The number of hydrogen-bond acceptors (Lipinski definition) is 7. The van der Waals surface area contributed by atoms with E-state index in [0.717, 1.165) is 12.1 Å². The number of H-pyrrole nitrogens is 1. The topological polar surface area (TPSA) is 114 Å². The third-order valence-electron chi connectivity index (χ3n) is 4.24. The second-order valence-electron chi connectivity index (χ2n) is 6.11. The summed E-state index contributed by atoms with van der Waals surface area (Å²) in [5.41, 5.74) is 1.89. The first-order valence-electron chi connectivity index (χ1n) is 8.17. The van der Waals surface area contributed by atoms with Crippen LogP contribution >= 0.6 is 0 Å². The first-order chi connectivity index (χ1) is 12.6. The van der Waals surface area contributed by atoms with Crippen molar-refractivity contribution in [3.8, 4) is 0 Å². The molecule has 4 rings (SSSR count). The van der Waals surface area contributed by atoms with Crippen molar-refractivity contribution in [2.75, 3.05) is 0 Å². The van der Waals surface area contributed by atoms with E-state index >= 15 is 0 Å². The van der Waals surface area contributed by atoms with Crippen molar-refractivity contribution in [3.63, 3.8) is 0 Å². The Hall–Kier alpha value is -3.42. The van der Waals surface area contributed by atoms with Gasteiger partial charge in [-0.05, 0) is 6.07 Å². The maximum Gasteiger partial charge on any atom is 0.249 e. The van der Waals surface area contributed by atoms with Crippen molar-refractivity contribution in [2.24, 2.45) is 4.99 Å². The zero-order chi connectivity index (χ0) is 18.1. The molecule has 0 fully saturated rings. The fourth-order valence-corrected chi connectivity index (χ4v) is 2.86. The van der Waals surface area contributed by atoms with E-state index in [1.807, 2.05) is 19.1 Å². The average Bonchev–Trinajstić information content (AvgIpc) is 3.32. The molecular weight excluding hydrogens is 346 g/mol. The van der Waals surface area contributed by atoms with E-state index in [0.29, 0.717) is 22.5 Å². The number of aliphatic imine (C=N–C) groups is 1. The van der Waals surface area contributed by atoms with Crippen LogP contribution in [0.4, 0.5) is 0 Å². The van der Waals surface area contributed by atoms with E-state index in [1.54, 1.807) is 12.3 Å². The molecule has 0 radical (unpaired) electrons. The minimum atomic E-state index is -0.276. The zero-order valence-electron chi connectivity index (χ0n) is 14.0. The van der Waals surface area contributed by atoms with Crippen molar-refractivity contribution in [3.05, 3.63) is 64.3 Å². The number of rotatable bonds is 5. The highest BCUT2D eigenvalue weighted by atomic mass is 16.5. The second-order valence-corrected chi connectivity index (χ2v) is 6.11. The Kier molecular flexibility index (Phi) is 5.07. The van der Waals surface area contributed by atoms with Gasteiger partial charge in [-0.2, -0.15) is 0 Å². The van der Waals surface area contributed by atoms with Gasteiger partial charge in [-0.25, -0.2) is 9.97 Å². The number of Topliss-reactive ketones (excluding diaryl/α,β-unsaturated/α-hetero) is 1. The molecule has 0 unspecified atom stereocenters. The van der Waals surface area contributed by atoms with Gasteiger partial charge < -0.3 is 9.51 Å². The molecule has 0 aliphatic carbocycles. The number of nitrogens with zero attached hydrogens (tertiary/aromatic N) is 4. The van der Waals surface area contributed by atoms with Crippen molar-refractivity contribution in [2.45, 2.75) is 33.1 Å². The van der Waals surface area contributed by atoms with E-state index in [9.17, 15) is 9.59 Å². The van der Waals surface area contributed by atoms with Gasteiger partial charge in [0.1, 0.15) is 29.1 Å². The Bertz CT molecular complexity index is 1110. The summed E-state index contributed by atoms with van der Waals surface area (Å²) in [7, 11) is 0. The van der Waals surface area contributed by atoms with Gasteiger partial charge in [0.2, 0.25) is 5.56 Å².